The summed E-state index contributed by atoms with van der Waals surface area (Å²) < 4.78 is 13.1. The van der Waals surface area contributed by atoms with Crippen LogP contribution in [-0.2, 0) is 0 Å². The van der Waals surface area contributed by atoms with Crippen molar-refractivity contribution < 1.29 is 9.50 Å². The lowest BCUT2D eigenvalue weighted by Gasteiger charge is -2.15. The summed E-state index contributed by atoms with van der Waals surface area (Å²) in [7, 11) is 0. The summed E-state index contributed by atoms with van der Waals surface area (Å²) in [5.41, 5.74) is 1.87. The highest BCUT2D eigenvalue weighted by Crippen LogP contribution is 2.31. The van der Waals surface area contributed by atoms with Crippen LogP contribution in [0.2, 0.25) is 0 Å². The van der Waals surface area contributed by atoms with Crippen molar-refractivity contribution in [2.24, 2.45) is 0 Å². The van der Waals surface area contributed by atoms with Gasteiger partial charge in [0.1, 0.15) is 5.82 Å². The van der Waals surface area contributed by atoms with E-state index in [1.165, 1.54) is 6.07 Å². The van der Waals surface area contributed by atoms with Gasteiger partial charge in [-0.2, -0.15) is 11.8 Å². The second-order valence-electron chi connectivity index (χ2n) is 4.46. The molecule has 0 saturated carbocycles. The Morgan fingerprint density at radius 3 is 2.42 bits per heavy atom. The second-order valence-corrected chi connectivity index (χ2v) is 5.83. The average molecular weight is 276 g/mol. The number of hydrogen-bond donors (Lipinski definition) is 1. The molecule has 0 bridgehead atoms. The van der Waals surface area contributed by atoms with Gasteiger partial charge in [0.2, 0.25) is 0 Å². The predicted octanol–water partition coefficient (Wildman–Crippen LogP) is 4.35. The Morgan fingerprint density at radius 1 is 1.05 bits per heavy atom. The van der Waals surface area contributed by atoms with Gasteiger partial charge in [0.15, 0.2) is 0 Å². The highest BCUT2D eigenvalue weighted by atomic mass is 32.2. The van der Waals surface area contributed by atoms with E-state index >= 15 is 0 Å². The van der Waals surface area contributed by atoms with Gasteiger partial charge in [-0.15, -0.1) is 0 Å². The van der Waals surface area contributed by atoms with E-state index in [1.54, 1.807) is 23.9 Å². The van der Waals surface area contributed by atoms with Crippen LogP contribution in [0.5, 0.6) is 0 Å². The van der Waals surface area contributed by atoms with E-state index in [-0.39, 0.29) is 11.1 Å². The standard InChI is InChI=1S/C16H17FOS/c1-12(14-8-5-9-15(17)10-14)19-11-16(18)13-6-3-2-4-7-13/h2-10,12,16,18H,11H2,1H3. The number of hydrogen-bond acceptors (Lipinski definition) is 2. The summed E-state index contributed by atoms with van der Waals surface area (Å²) >= 11 is 1.62. The van der Waals surface area contributed by atoms with Crippen LogP contribution in [-0.4, -0.2) is 10.9 Å². The molecule has 0 radical (unpaired) electrons. The number of halogens is 1. The fourth-order valence-electron chi connectivity index (χ4n) is 1.86. The molecule has 0 spiro atoms. The molecule has 2 aromatic carbocycles. The molecule has 0 heterocycles. The minimum Gasteiger partial charge on any atom is -0.388 e. The fourth-order valence-corrected chi connectivity index (χ4v) is 2.87. The third-order valence-corrected chi connectivity index (χ3v) is 4.29. The first kappa shape index (κ1) is 14.1. The lowest BCUT2D eigenvalue weighted by atomic mass is 10.1. The maximum absolute atomic E-state index is 13.1. The monoisotopic (exact) mass is 276 g/mol. The molecule has 0 aliphatic heterocycles. The molecule has 1 nitrogen and oxygen atoms in total. The Balaban J connectivity index is 1.92. The maximum atomic E-state index is 13.1. The van der Waals surface area contributed by atoms with Crippen LogP contribution in [0.4, 0.5) is 4.39 Å². The summed E-state index contributed by atoms with van der Waals surface area (Å²) in [6, 6.07) is 16.2. The number of aliphatic hydroxyl groups is 1. The Kier molecular flexibility index (Phi) is 5.00. The molecular weight excluding hydrogens is 259 g/mol. The molecule has 0 aromatic heterocycles. The highest BCUT2D eigenvalue weighted by Gasteiger charge is 2.12. The minimum atomic E-state index is -0.484. The summed E-state index contributed by atoms with van der Waals surface area (Å²) in [5, 5.41) is 10.2. The highest BCUT2D eigenvalue weighted by molar-refractivity contribution is 7.99. The Labute approximate surface area is 117 Å². The Morgan fingerprint density at radius 2 is 1.74 bits per heavy atom. The Hall–Kier alpha value is -1.32. The predicted molar refractivity (Wildman–Crippen MR) is 78.7 cm³/mol. The molecule has 2 unspecified atom stereocenters. The van der Waals surface area contributed by atoms with Crippen LogP contribution in [0.3, 0.4) is 0 Å². The third-order valence-electron chi connectivity index (χ3n) is 3.01. The molecule has 2 atom stereocenters. The summed E-state index contributed by atoms with van der Waals surface area (Å²) in [6.45, 7) is 2.02. The van der Waals surface area contributed by atoms with Gasteiger partial charge in [-0.05, 0) is 30.2 Å². The van der Waals surface area contributed by atoms with Crippen molar-refractivity contribution in [3.05, 3.63) is 71.5 Å². The fraction of sp³-hybridized carbons (Fsp3) is 0.250. The smallest absolute Gasteiger partial charge is 0.123 e. The van der Waals surface area contributed by atoms with Crippen molar-refractivity contribution in [2.45, 2.75) is 18.3 Å². The first-order valence-electron chi connectivity index (χ1n) is 6.27. The maximum Gasteiger partial charge on any atom is 0.123 e. The largest absolute Gasteiger partial charge is 0.388 e. The van der Waals surface area contributed by atoms with Crippen LogP contribution in [0.1, 0.15) is 29.4 Å². The normalized spacial score (nSPS) is 14.1. The minimum absolute atomic E-state index is 0.161. The average Bonchev–Trinajstić information content (AvgIpc) is 2.45. The third kappa shape index (κ3) is 4.08. The molecule has 19 heavy (non-hydrogen) atoms. The van der Waals surface area contributed by atoms with Crippen molar-refractivity contribution >= 4 is 11.8 Å². The first-order chi connectivity index (χ1) is 9.16. The zero-order valence-corrected chi connectivity index (χ0v) is 11.6. The topological polar surface area (TPSA) is 20.2 Å². The molecule has 0 aliphatic carbocycles. The van der Waals surface area contributed by atoms with E-state index in [4.69, 9.17) is 0 Å². The van der Waals surface area contributed by atoms with E-state index in [9.17, 15) is 9.50 Å². The van der Waals surface area contributed by atoms with Gasteiger partial charge in [0.05, 0.1) is 6.10 Å². The van der Waals surface area contributed by atoms with Crippen molar-refractivity contribution in [3.8, 4) is 0 Å². The van der Waals surface area contributed by atoms with Gasteiger partial charge in [-0.1, -0.05) is 42.5 Å². The molecule has 0 amide bonds. The molecule has 1 N–H and O–H groups in total. The Bertz CT molecular complexity index is 515. The lowest BCUT2D eigenvalue weighted by Crippen LogP contribution is -2.02. The van der Waals surface area contributed by atoms with Crippen LogP contribution < -0.4 is 0 Å². The van der Waals surface area contributed by atoms with Gasteiger partial charge < -0.3 is 5.11 Å². The SMILES string of the molecule is CC(SCC(O)c1ccccc1)c1cccc(F)c1. The molecule has 0 aliphatic rings. The van der Waals surface area contributed by atoms with Gasteiger partial charge in [0.25, 0.3) is 0 Å². The molecule has 2 aromatic rings. The van der Waals surface area contributed by atoms with Crippen molar-refractivity contribution in [2.75, 3.05) is 5.75 Å². The molecule has 2 rings (SSSR count). The molecule has 3 heteroatoms. The zero-order valence-electron chi connectivity index (χ0n) is 10.8. The van der Waals surface area contributed by atoms with Crippen LogP contribution in [0.25, 0.3) is 0 Å². The zero-order chi connectivity index (χ0) is 13.7. The van der Waals surface area contributed by atoms with E-state index in [0.29, 0.717) is 5.75 Å². The molecule has 100 valence electrons. The lowest BCUT2D eigenvalue weighted by molar-refractivity contribution is 0.204. The first-order valence-corrected chi connectivity index (χ1v) is 7.32. The quantitative estimate of drug-likeness (QED) is 0.876. The van der Waals surface area contributed by atoms with E-state index in [1.807, 2.05) is 43.3 Å². The van der Waals surface area contributed by atoms with Gasteiger partial charge in [0, 0.05) is 11.0 Å². The van der Waals surface area contributed by atoms with Crippen molar-refractivity contribution in [3.63, 3.8) is 0 Å². The van der Waals surface area contributed by atoms with Gasteiger partial charge in [-0.25, -0.2) is 4.39 Å². The van der Waals surface area contributed by atoms with E-state index in [2.05, 4.69) is 0 Å². The summed E-state index contributed by atoms with van der Waals surface area (Å²) in [4.78, 5) is 0. The van der Waals surface area contributed by atoms with Gasteiger partial charge in [-0.3, -0.25) is 0 Å². The summed E-state index contributed by atoms with van der Waals surface area (Å²) in [5.74, 6) is 0.385. The molecular formula is C16H17FOS. The summed E-state index contributed by atoms with van der Waals surface area (Å²) in [6.07, 6.45) is -0.484. The second kappa shape index (κ2) is 6.73. The molecule has 0 fully saturated rings. The number of aliphatic hydroxyl groups excluding tert-OH is 1. The van der Waals surface area contributed by atoms with Crippen LogP contribution in [0, 0.1) is 5.82 Å². The van der Waals surface area contributed by atoms with E-state index < -0.39 is 6.10 Å². The van der Waals surface area contributed by atoms with Crippen molar-refractivity contribution in [1.82, 2.24) is 0 Å². The van der Waals surface area contributed by atoms with Crippen molar-refractivity contribution in [1.29, 1.82) is 0 Å². The van der Waals surface area contributed by atoms with E-state index in [0.717, 1.165) is 11.1 Å². The van der Waals surface area contributed by atoms with Gasteiger partial charge >= 0.3 is 0 Å². The molecule has 0 saturated heterocycles. The van der Waals surface area contributed by atoms with Crippen LogP contribution >= 0.6 is 11.8 Å². The number of rotatable bonds is 5. The van der Waals surface area contributed by atoms with Crippen LogP contribution in [0.15, 0.2) is 54.6 Å². The number of thioether (sulfide) groups is 1. The number of benzene rings is 2.